The number of rotatable bonds is 3. The summed E-state index contributed by atoms with van der Waals surface area (Å²) in [7, 11) is 0. The van der Waals surface area contributed by atoms with E-state index in [4.69, 9.17) is 10.5 Å². The molecule has 0 fully saturated rings. The molecule has 0 atom stereocenters. The van der Waals surface area contributed by atoms with Crippen molar-refractivity contribution in [1.82, 2.24) is 0 Å². The molecule has 0 heterocycles. The topological polar surface area (TPSA) is 81.4 Å². The molecule has 0 aliphatic carbocycles. The average Bonchev–Trinajstić information content (AvgIpc) is 2.39. The number of carbonyl (C=O) groups excluding carboxylic acids is 2. The second-order valence-corrected chi connectivity index (χ2v) is 4.22. The number of carbonyl (C=O) groups is 2. The standard InChI is InChI=1S/C15H14N2O3/c1-10-9-11(17-15(16)19)7-8-13(10)14(18)20-12-5-3-2-4-6-12/h2-9H,1H3,(H3,16,17,19). The van der Waals surface area contributed by atoms with Crippen LogP contribution in [-0.2, 0) is 0 Å². The van der Waals surface area contributed by atoms with Gasteiger partial charge in [-0.05, 0) is 42.8 Å². The maximum Gasteiger partial charge on any atom is 0.343 e. The number of amides is 2. The number of hydrogen-bond acceptors (Lipinski definition) is 3. The zero-order valence-corrected chi connectivity index (χ0v) is 10.9. The summed E-state index contributed by atoms with van der Waals surface area (Å²) < 4.78 is 5.25. The zero-order chi connectivity index (χ0) is 14.5. The molecule has 2 aromatic carbocycles. The van der Waals surface area contributed by atoms with Crippen LogP contribution in [0.1, 0.15) is 15.9 Å². The van der Waals surface area contributed by atoms with Crippen molar-refractivity contribution in [2.45, 2.75) is 6.92 Å². The number of benzene rings is 2. The fourth-order valence-electron chi connectivity index (χ4n) is 1.76. The predicted molar refractivity (Wildman–Crippen MR) is 75.8 cm³/mol. The minimum absolute atomic E-state index is 0.434. The van der Waals surface area contributed by atoms with Gasteiger partial charge in [0.1, 0.15) is 5.75 Å². The first kappa shape index (κ1) is 13.6. The molecule has 2 aromatic rings. The molecule has 3 N–H and O–H groups in total. The summed E-state index contributed by atoms with van der Waals surface area (Å²) in [4.78, 5) is 22.8. The van der Waals surface area contributed by atoms with Crippen molar-refractivity contribution in [2.75, 3.05) is 5.32 Å². The van der Waals surface area contributed by atoms with Gasteiger partial charge in [-0.1, -0.05) is 18.2 Å². The molecule has 2 rings (SSSR count). The van der Waals surface area contributed by atoms with Crippen LogP contribution in [0, 0.1) is 6.92 Å². The van der Waals surface area contributed by atoms with E-state index in [1.165, 1.54) is 0 Å². The van der Waals surface area contributed by atoms with Gasteiger partial charge in [-0.15, -0.1) is 0 Å². The van der Waals surface area contributed by atoms with Crippen LogP contribution >= 0.6 is 0 Å². The molecule has 2 amide bonds. The van der Waals surface area contributed by atoms with Gasteiger partial charge in [0.05, 0.1) is 5.56 Å². The smallest absolute Gasteiger partial charge is 0.343 e. The minimum atomic E-state index is -0.649. The zero-order valence-electron chi connectivity index (χ0n) is 10.9. The molecule has 5 nitrogen and oxygen atoms in total. The van der Waals surface area contributed by atoms with Crippen molar-refractivity contribution in [2.24, 2.45) is 5.73 Å². The number of ether oxygens (including phenoxy) is 1. The number of nitrogens with two attached hydrogens (primary N) is 1. The fourth-order valence-corrected chi connectivity index (χ4v) is 1.76. The van der Waals surface area contributed by atoms with Crippen LogP contribution < -0.4 is 15.8 Å². The highest BCUT2D eigenvalue weighted by molar-refractivity contribution is 5.94. The second kappa shape index (κ2) is 5.88. The van der Waals surface area contributed by atoms with Crippen molar-refractivity contribution >= 4 is 17.7 Å². The molecular weight excluding hydrogens is 256 g/mol. The molecule has 0 aromatic heterocycles. The van der Waals surface area contributed by atoms with Crippen molar-refractivity contribution < 1.29 is 14.3 Å². The first-order chi connectivity index (χ1) is 9.56. The van der Waals surface area contributed by atoms with Crippen LogP contribution in [0.3, 0.4) is 0 Å². The Morgan fingerprint density at radius 3 is 2.40 bits per heavy atom. The molecule has 0 unspecified atom stereocenters. The highest BCUT2D eigenvalue weighted by atomic mass is 16.5. The molecule has 0 saturated carbocycles. The quantitative estimate of drug-likeness (QED) is 0.664. The Hall–Kier alpha value is -2.82. The van der Waals surface area contributed by atoms with Crippen LogP contribution in [0.4, 0.5) is 10.5 Å². The Balaban J connectivity index is 2.16. The van der Waals surface area contributed by atoms with E-state index in [1.54, 1.807) is 49.4 Å². The molecule has 0 spiro atoms. The third-order valence-electron chi connectivity index (χ3n) is 2.67. The number of para-hydroxylation sites is 1. The van der Waals surface area contributed by atoms with Gasteiger partial charge in [0.15, 0.2) is 0 Å². The average molecular weight is 270 g/mol. The van der Waals surface area contributed by atoms with E-state index in [2.05, 4.69) is 5.32 Å². The van der Waals surface area contributed by atoms with E-state index in [0.717, 1.165) is 0 Å². The summed E-state index contributed by atoms with van der Waals surface area (Å²) in [6, 6.07) is 13.0. The van der Waals surface area contributed by atoms with Crippen LogP contribution in [-0.4, -0.2) is 12.0 Å². The van der Waals surface area contributed by atoms with Gasteiger partial charge in [0, 0.05) is 5.69 Å². The molecule has 102 valence electrons. The van der Waals surface area contributed by atoms with Gasteiger partial charge in [-0.3, -0.25) is 0 Å². The third kappa shape index (κ3) is 3.35. The number of hydrogen-bond donors (Lipinski definition) is 2. The maximum atomic E-state index is 12.0. The molecule has 20 heavy (non-hydrogen) atoms. The highest BCUT2D eigenvalue weighted by Crippen LogP contribution is 2.18. The molecule has 0 radical (unpaired) electrons. The van der Waals surface area contributed by atoms with Gasteiger partial charge in [0.2, 0.25) is 0 Å². The summed E-state index contributed by atoms with van der Waals surface area (Å²) in [5.41, 5.74) is 6.69. The summed E-state index contributed by atoms with van der Waals surface area (Å²) in [6.45, 7) is 1.76. The Morgan fingerprint density at radius 2 is 1.80 bits per heavy atom. The van der Waals surface area contributed by atoms with Gasteiger partial charge in [-0.2, -0.15) is 0 Å². The monoisotopic (exact) mass is 270 g/mol. The predicted octanol–water partition coefficient (Wildman–Crippen LogP) is 2.70. The number of primary amides is 1. The molecule has 5 heteroatoms. The first-order valence-electron chi connectivity index (χ1n) is 6.00. The summed E-state index contributed by atoms with van der Waals surface area (Å²) in [5, 5.41) is 2.45. The third-order valence-corrected chi connectivity index (χ3v) is 2.67. The van der Waals surface area contributed by atoms with E-state index in [0.29, 0.717) is 22.6 Å². The lowest BCUT2D eigenvalue weighted by Crippen LogP contribution is -2.19. The van der Waals surface area contributed by atoms with Crippen molar-refractivity contribution in [3.63, 3.8) is 0 Å². The van der Waals surface area contributed by atoms with E-state index in [9.17, 15) is 9.59 Å². The summed E-state index contributed by atoms with van der Waals surface area (Å²) in [5.74, 6) is 0.0376. The van der Waals surface area contributed by atoms with Gasteiger partial charge >= 0.3 is 12.0 Å². The summed E-state index contributed by atoms with van der Waals surface area (Å²) in [6.07, 6.45) is 0. The number of urea groups is 1. The molecule has 0 aliphatic rings. The van der Waals surface area contributed by atoms with E-state index in [-0.39, 0.29) is 0 Å². The van der Waals surface area contributed by atoms with Crippen LogP contribution in [0.2, 0.25) is 0 Å². The Labute approximate surface area is 116 Å². The Bertz CT molecular complexity index is 639. The van der Waals surface area contributed by atoms with Gasteiger partial charge in [0.25, 0.3) is 0 Å². The molecule has 0 saturated heterocycles. The second-order valence-electron chi connectivity index (χ2n) is 4.22. The van der Waals surface area contributed by atoms with E-state index >= 15 is 0 Å². The van der Waals surface area contributed by atoms with E-state index in [1.807, 2.05) is 6.07 Å². The van der Waals surface area contributed by atoms with Crippen molar-refractivity contribution in [3.05, 3.63) is 59.7 Å². The van der Waals surface area contributed by atoms with Crippen molar-refractivity contribution in [3.8, 4) is 5.75 Å². The van der Waals surface area contributed by atoms with Gasteiger partial charge < -0.3 is 15.8 Å². The molecule has 0 bridgehead atoms. The number of aryl methyl sites for hydroxylation is 1. The minimum Gasteiger partial charge on any atom is -0.423 e. The lowest BCUT2D eigenvalue weighted by molar-refractivity contribution is 0.0734. The molecule has 0 aliphatic heterocycles. The Morgan fingerprint density at radius 1 is 1.10 bits per heavy atom. The maximum absolute atomic E-state index is 12.0. The lowest BCUT2D eigenvalue weighted by Gasteiger charge is -2.08. The van der Waals surface area contributed by atoms with E-state index < -0.39 is 12.0 Å². The fraction of sp³-hybridized carbons (Fsp3) is 0.0667. The van der Waals surface area contributed by atoms with Crippen LogP contribution in [0.5, 0.6) is 5.75 Å². The first-order valence-corrected chi connectivity index (χ1v) is 6.00. The van der Waals surface area contributed by atoms with Crippen LogP contribution in [0.25, 0.3) is 0 Å². The number of anilines is 1. The van der Waals surface area contributed by atoms with Crippen LogP contribution in [0.15, 0.2) is 48.5 Å². The van der Waals surface area contributed by atoms with Crippen molar-refractivity contribution in [1.29, 1.82) is 0 Å². The summed E-state index contributed by atoms with van der Waals surface area (Å²) >= 11 is 0. The SMILES string of the molecule is Cc1cc(NC(N)=O)ccc1C(=O)Oc1ccccc1. The number of esters is 1. The highest BCUT2D eigenvalue weighted by Gasteiger charge is 2.12. The normalized spacial score (nSPS) is 9.85. The molecular formula is C15H14N2O3. The Kier molecular flexibility index (Phi) is 4.00. The number of nitrogens with one attached hydrogen (secondary N) is 1. The lowest BCUT2D eigenvalue weighted by atomic mass is 10.1. The largest absolute Gasteiger partial charge is 0.423 e. The van der Waals surface area contributed by atoms with Gasteiger partial charge in [-0.25, -0.2) is 9.59 Å².